The second-order valence-electron chi connectivity index (χ2n) is 6.09. The predicted molar refractivity (Wildman–Crippen MR) is 85.2 cm³/mol. The number of aliphatic hydroxyl groups is 1. The Kier molecular flexibility index (Phi) is 4.70. The van der Waals surface area contributed by atoms with Gasteiger partial charge in [0.1, 0.15) is 11.8 Å². The molecule has 3 rings (SSSR count). The third-order valence-electron chi connectivity index (χ3n) is 4.39. The molecule has 1 N–H and O–H groups in total. The standard InChI is InChI=1S/C17H21N5O/c1-21-11-13(10-19-21)17(23)8-16-6-3-7-22(16)12-15-5-2-4-14(9-18)20-15/h2,4-5,10-11,16-17,23H,3,6-8,12H2,1H3. The molecule has 0 spiro atoms. The molecule has 0 bridgehead atoms. The van der Waals surface area contributed by atoms with Crippen LogP contribution < -0.4 is 0 Å². The van der Waals surface area contributed by atoms with Gasteiger partial charge in [0.25, 0.3) is 0 Å². The number of rotatable bonds is 5. The van der Waals surface area contributed by atoms with Crippen LogP contribution in [0.4, 0.5) is 0 Å². The van der Waals surface area contributed by atoms with Gasteiger partial charge in [-0.05, 0) is 37.9 Å². The minimum absolute atomic E-state index is 0.331. The van der Waals surface area contributed by atoms with Crippen molar-refractivity contribution < 1.29 is 5.11 Å². The van der Waals surface area contributed by atoms with Crippen molar-refractivity contribution in [3.8, 4) is 6.07 Å². The fourth-order valence-electron chi connectivity index (χ4n) is 3.21. The molecule has 6 heteroatoms. The molecule has 2 aromatic rings. The monoisotopic (exact) mass is 311 g/mol. The van der Waals surface area contributed by atoms with Gasteiger partial charge in [0.15, 0.2) is 0 Å². The van der Waals surface area contributed by atoms with Gasteiger partial charge in [-0.15, -0.1) is 0 Å². The van der Waals surface area contributed by atoms with E-state index in [1.807, 2.05) is 25.4 Å². The van der Waals surface area contributed by atoms with Crippen LogP contribution in [0.25, 0.3) is 0 Å². The van der Waals surface area contributed by atoms with Gasteiger partial charge >= 0.3 is 0 Å². The van der Waals surface area contributed by atoms with Crippen LogP contribution in [0.3, 0.4) is 0 Å². The Morgan fingerprint density at radius 2 is 2.35 bits per heavy atom. The Bertz CT molecular complexity index is 705. The van der Waals surface area contributed by atoms with Crippen molar-refractivity contribution in [2.45, 2.75) is 38.0 Å². The van der Waals surface area contributed by atoms with Gasteiger partial charge in [0, 0.05) is 31.4 Å². The van der Waals surface area contributed by atoms with Gasteiger partial charge in [-0.2, -0.15) is 10.4 Å². The van der Waals surface area contributed by atoms with Crippen molar-refractivity contribution in [2.24, 2.45) is 7.05 Å². The Hall–Kier alpha value is -2.23. The van der Waals surface area contributed by atoms with E-state index in [1.54, 1.807) is 16.9 Å². The molecule has 23 heavy (non-hydrogen) atoms. The quantitative estimate of drug-likeness (QED) is 0.910. The first kappa shape index (κ1) is 15.7. The summed E-state index contributed by atoms with van der Waals surface area (Å²) in [6.07, 6.45) is 6.00. The molecule has 0 radical (unpaired) electrons. The number of likely N-dealkylation sites (tertiary alicyclic amines) is 1. The fourth-order valence-corrected chi connectivity index (χ4v) is 3.21. The topological polar surface area (TPSA) is 78.0 Å². The third kappa shape index (κ3) is 3.76. The first-order chi connectivity index (χ1) is 11.2. The molecule has 1 aliphatic rings. The zero-order valence-electron chi connectivity index (χ0n) is 13.3. The molecule has 1 fully saturated rings. The molecule has 1 saturated heterocycles. The SMILES string of the molecule is Cn1cc(C(O)CC2CCCN2Cc2cccc(C#N)n2)cn1. The number of pyridine rings is 1. The van der Waals surface area contributed by atoms with Crippen molar-refractivity contribution in [1.82, 2.24) is 19.7 Å². The van der Waals surface area contributed by atoms with Crippen LogP contribution in [-0.4, -0.2) is 37.4 Å². The summed E-state index contributed by atoms with van der Waals surface area (Å²) in [4.78, 5) is 6.70. The maximum Gasteiger partial charge on any atom is 0.140 e. The lowest BCUT2D eigenvalue weighted by Gasteiger charge is -2.25. The second-order valence-corrected chi connectivity index (χ2v) is 6.09. The van der Waals surface area contributed by atoms with E-state index in [0.29, 0.717) is 18.2 Å². The van der Waals surface area contributed by atoms with E-state index in [-0.39, 0.29) is 0 Å². The molecule has 0 aliphatic carbocycles. The Labute approximate surface area is 136 Å². The summed E-state index contributed by atoms with van der Waals surface area (Å²) >= 11 is 0. The maximum atomic E-state index is 10.4. The van der Waals surface area contributed by atoms with E-state index in [9.17, 15) is 5.11 Å². The minimum atomic E-state index is -0.493. The number of aryl methyl sites for hydroxylation is 1. The van der Waals surface area contributed by atoms with Gasteiger partial charge in [0.05, 0.1) is 18.0 Å². The minimum Gasteiger partial charge on any atom is -0.388 e. The van der Waals surface area contributed by atoms with Crippen LogP contribution in [0.5, 0.6) is 0 Å². The van der Waals surface area contributed by atoms with E-state index in [4.69, 9.17) is 5.26 Å². The molecule has 2 atom stereocenters. The van der Waals surface area contributed by atoms with Crippen LogP contribution in [0, 0.1) is 11.3 Å². The third-order valence-corrected chi connectivity index (χ3v) is 4.39. The van der Waals surface area contributed by atoms with Gasteiger partial charge in [-0.25, -0.2) is 4.98 Å². The zero-order chi connectivity index (χ0) is 16.2. The van der Waals surface area contributed by atoms with E-state index in [2.05, 4.69) is 21.1 Å². The van der Waals surface area contributed by atoms with Gasteiger partial charge in [0.2, 0.25) is 0 Å². The van der Waals surface area contributed by atoms with Crippen LogP contribution in [0.1, 0.15) is 42.3 Å². The highest BCUT2D eigenvalue weighted by Crippen LogP contribution is 2.28. The summed E-state index contributed by atoms with van der Waals surface area (Å²) in [5, 5.41) is 23.5. The van der Waals surface area contributed by atoms with E-state index in [0.717, 1.165) is 37.2 Å². The second kappa shape index (κ2) is 6.90. The van der Waals surface area contributed by atoms with E-state index >= 15 is 0 Å². The number of nitriles is 1. The summed E-state index contributed by atoms with van der Waals surface area (Å²) in [5.41, 5.74) is 2.23. The molecule has 120 valence electrons. The molecule has 0 amide bonds. The van der Waals surface area contributed by atoms with Gasteiger partial charge in [-0.1, -0.05) is 6.07 Å². The molecule has 1 aliphatic heterocycles. The van der Waals surface area contributed by atoms with Crippen LogP contribution in [0.2, 0.25) is 0 Å². The molecular weight excluding hydrogens is 290 g/mol. The van der Waals surface area contributed by atoms with Gasteiger partial charge in [-0.3, -0.25) is 9.58 Å². The van der Waals surface area contributed by atoms with Gasteiger partial charge < -0.3 is 5.11 Å². The molecule has 2 unspecified atom stereocenters. The zero-order valence-corrected chi connectivity index (χ0v) is 13.3. The van der Waals surface area contributed by atoms with Crippen molar-refractivity contribution in [1.29, 1.82) is 5.26 Å². The predicted octanol–water partition coefficient (Wildman–Crippen LogP) is 1.77. The average Bonchev–Trinajstić information content (AvgIpc) is 3.17. The summed E-state index contributed by atoms with van der Waals surface area (Å²) in [7, 11) is 1.85. The highest BCUT2D eigenvalue weighted by atomic mass is 16.3. The Morgan fingerprint density at radius 3 is 3.09 bits per heavy atom. The summed E-state index contributed by atoms with van der Waals surface area (Å²) in [6, 6.07) is 7.95. The van der Waals surface area contributed by atoms with Crippen LogP contribution in [-0.2, 0) is 13.6 Å². The number of nitrogens with zero attached hydrogens (tertiary/aromatic N) is 5. The molecular formula is C17H21N5O. The molecule has 3 heterocycles. The lowest BCUT2D eigenvalue weighted by molar-refractivity contribution is 0.117. The summed E-state index contributed by atoms with van der Waals surface area (Å²) in [5.74, 6) is 0. The highest BCUT2D eigenvalue weighted by molar-refractivity contribution is 5.22. The lowest BCUT2D eigenvalue weighted by Crippen LogP contribution is -2.30. The van der Waals surface area contributed by atoms with Crippen molar-refractivity contribution >= 4 is 0 Å². The number of aliphatic hydroxyl groups excluding tert-OH is 1. The normalized spacial score (nSPS) is 19.6. The molecule has 0 aromatic carbocycles. The number of aromatic nitrogens is 3. The average molecular weight is 311 g/mol. The van der Waals surface area contributed by atoms with Crippen molar-refractivity contribution in [3.05, 3.63) is 47.5 Å². The first-order valence-corrected chi connectivity index (χ1v) is 7.92. The smallest absolute Gasteiger partial charge is 0.140 e. The van der Waals surface area contributed by atoms with E-state index < -0.39 is 6.10 Å². The maximum absolute atomic E-state index is 10.4. The lowest BCUT2D eigenvalue weighted by atomic mass is 10.0. The van der Waals surface area contributed by atoms with Crippen molar-refractivity contribution in [2.75, 3.05) is 6.54 Å². The highest BCUT2D eigenvalue weighted by Gasteiger charge is 2.27. The Morgan fingerprint density at radius 1 is 1.48 bits per heavy atom. The number of hydrogen-bond donors (Lipinski definition) is 1. The molecule has 0 saturated carbocycles. The number of hydrogen-bond acceptors (Lipinski definition) is 5. The summed E-state index contributed by atoms with van der Waals surface area (Å²) < 4.78 is 1.71. The molecule has 2 aromatic heterocycles. The summed E-state index contributed by atoms with van der Waals surface area (Å²) in [6.45, 7) is 1.73. The van der Waals surface area contributed by atoms with Crippen LogP contribution >= 0.6 is 0 Å². The molecule has 6 nitrogen and oxygen atoms in total. The van der Waals surface area contributed by atoms with E-state index in [1.165, 1.54) is 0 Å². The first-order valence-electron chi connectivity index (χ1n) is 7.92. The fraction of sp³-hybridized carbons (Fsp3) is 0.471. The van der Waals surface area contributed by atoms with Crippen molar-refractivity contribution in [3.63, 3.8) is 0 Å². The van der Waals surface area contributed by atoms with Crippen LogP contribution in [0.15, 0.2) is 30.6 Å². The Balaban J connectivity index is 1.64. The largest absolute Gasteiger partial charge is 0.388 e.